The number of carbonyl (C=O) groups excluding carboxylic acids is 1. The number of sulfonamides is 2. The van der Waals surface area contributed by atoms with Gasteiger partial charge in [0.2, 0.25) is 0 Å². The van der Waals surface area contributed by atoms with E-state index >= 15 is 0 Å². The SMILES string of the molecule is C=C(C)C(=O)OCCCCCC[N+](C)(C)CCCCCCCCC.O=S(=O)([N-]S(=O)(=O)C(F)(F)F)C(F)(F)F. The van der Waals surface area contributed by atoms with Crippen LogP contribution in [0, 0.1) is 0 Å². The number of carbonyl (C=O) groups is 1. The number of alkyl halides is 6. The molecule has 16 heteroatoms. The van der Waals surface area contributed by atoms with Crippen LogP contribution in [0.4, 0.5) is 26.3 Å². The zero-order valence-electron chi connectivity index (χ0n) is 23.0. The van der Waals surface area contributed by atoms with Crippen LogP contribution < -0.4 is 0 Å². The standard InChI is InChI=1S/C21H42NO2.C2F6NO4S2/c1-6-7-8-9-10-11-14-17-22(4,5)18-15-12-13-16-19-24-21(23)20(2)3;3-1(4,5)14(10,11)9-15(12,13)2(6,7)8/h2,6-19H2,1,3-5H3;/q+1;-1. The van der Waals surface area contributed by atoms with Crippen molar-refractivity contribution in [3.8, 4) is 0 Å². The molecule has 0 rings (SSSR count). The molecule has 0 aromatic carbocycles. The molecule has 0 aliphatic rings. The smallest absolute Gasteiger partial charge is 0.462 e. The number of esters is 1. The van der Waals surface area contributed by atoms with Crippen molar-refractivity contribution in [3.63, 3.8) is 0 Å². The van der Waals surface area contributed by atoms with E-state index in [-0.39, 0.29) is 5.97 Å². The van der Waals surface area contributed by atoms with Crippen molar-refractivity contribution in [2.75, 3.05) is 33.8 Å². The van der Waals surface area contributed by atoms with Crippen molar-refractivity contribution in [3.05, 3.63) is 16.3 Å². The fourth-order valence-electron chi connectivity index (χ4n) is 3.11. The summed E-state index contributed by atoms with van der Waals surface area (Å²) in [6.07, 6.45) is 14.3. The lowest BCUT2D eigenvalue weighted by Gasteiger charge is -2.30. The van der Waals surface area contributed by atoms with E-state index in [4.69, 9.17) is 4.74 Å². The molecule has 0 aliphatic carbocycles. The van der Waals surface area contributed by atoms with Crippen LogP contribution in [0.15, 0.2) is 12.2 Å². The molecule has 8 nitrogen and oxygen atoms in total. The molecule has 0 atom stereocenters. The van der Waals surface area contributed by atoms with E-state index in [9.17, 15) is 48.0 Å². The highest BCUT2D eigenvalue weighted by Crippen LogP contribution is 2.36. The Morgan fingerprint density at radius 2 is 1.10 bits per heavy atom. The average molecular weight is 621 g/mol. The molecule has 39 heavy (non-hydrogen) atoms. The van der Waals surface area contributed by atoms with Crippen molar-refractivity contribution in [2.24, 2.45) is 0 Å². The number of hydrogen-bond acceptors (Lipinski definition) is 6. The summed E-state index contributed by atoms with van der Waals surface area (Å²) >= 11 is 0. The third-order valence-electron chi connectivity index (χ3n) is 5.39. The highest BCUT2D eigenvalue weighted by atomic mass is 32.3. The van der Waals surface area contributed by atoms with E-state index in [1.165, 1.54) is 70.9 Å². The maximum atomic E-state index is 11.4. The van der Waals surface area contributed by atoms with E-state index in [0.29, 0.717) is 12.2 Å². The molecule has 0 aliphatic heterocycles. The predicted molar refractivity (Wildman–Crippen MR) is 137 cm³/mol. The minimum atomic E-state index is -6.72. The van der Waals surface area contributed by atoms with Crippen molar-refractivity contribution < 1.29 is 57.2 Å². The summed E-state index contributed by atoms with van der Waals surface area (Å²) in [5.74, 6) is -0.262. The van der Waals surface area contributed by atoms with E-state index in [1.54, 1.807) is 6.92 Å². The van der Waals surface area contributed by atoms with Crippen LogP contribution in [0.25, 0.3) is 4.13 Å². The zero-order chi connectivity index (χ0) is 31.0. The molecule has 0 radical (unpaired) electrons. The van der Waals surface area contributed by atoms with Gasteiger partial charge >= 0.3 is 17.0 Å². The number of ether oxygens (including phenoxy) is 1. The maximum Gasteiger partial charge on any atom is 0.480 e. The van der Waals surface area contributed by atoms with E-state index in [2.05, 4.69) is 27.6 Å². The second-order valence-corrected chi connectivity index (χ2v) is 13.2. The van der Waals surface area contributed by atoms with Gasteiger partial charge in [0.15, 0.2) is 20.0 Å². The number of halogens is 6. The van der Waals surface area contributed by atoms with Crippen LogP contribution in [0.2, 0.25) is 0 Å². The van der Waals surface area contributed by atoms with Gasteiger partial charge < -0.3 is 13.3 Å². The lowest BCUT2D eigenvalue weighted by Crippen LogP contribution is -2.41. The Morgan fingerprint density at radius 3 is 1.46 bits per heavy atom. The molecule has 0 aromatic heterocycles. The molecule has 0 aromatic rings. The van der Waals surface area contributed by atoms with Crippen molar-refractivity contribution >= 4 is 26.0 Å². The summed E-state index contributed by atoms with van der Waals surface area (Å²) in [4.78, 5) is 11.2. The first kappa shape index (κ1) is 39.8. The first-order valence-electron chi connectivity index (χ1n) is 12.6. The normalized spacial score (nSPS) is 13.0. The van der Waals surface area contributed by atoms with Crippen LogP contribution in [-0.4, -0.2) is 72.1 Å². The maximum absolute atomic E-state index is 11.4. The number of unbranched alkanes of at least 4 members (excludes halogenated alkanes) is 9. The second-order valence-electron chi connectivity index (χ2n) is 9.75. The topological polar surface area (TPSA) is 109 Å². The molecule has 0 saturated carbocycles. The van der Waals surface area contributed by atoms with Crippen molar-refractivity contribution in [1.82, 2.24) is 0 Å². The van der Waals surface area contributed by atoms with Gasteiger partial charge in [0.25, 0.3) is 0 Å². The van der Waals surface area contributed by atoms with Gasteiger partial charge in [0, 0.05) is 5.57 Å². The Morgan fingerprint density at radius 1 is 0.744 bits per heavy atom. The minimum absolute atomic E-state index is 0.262. The fourth-order valence-corrected chi connectivity index (χ4v) is 4.82. The number of hydrogen-bond donors (Lipinski definition) is 0. The Balaban J connectivity index is 0. The molecular weight excluding hydrogens is 578 g/mol. The van der Waals surface area contributed by atoms with E-state index < -0.39 is 31.1 Å². The first-order valence-corrected chi connectivity index (χ1v) is 15.5. The van der Waals surface area contributed by atoms with Gasteiger partial charge in [-0.15, -0.1) is 0 Å². The third kappa shape index (κ3) is 19.3. The van der Waals surface area contributed by atoms with Gasteiger partial charge in [-0.3, -0.25) is 0 Å². The van der Waals surface area contributed by atoms with Gasteiger partial charge in [-0.05, 0) is 45.4 Å². The van der Waals surface area contributed by atoms with Crippen LogP contribution in [0.5, 0.6) is 0 Å². The summed E-state index contributed by atoms with van der Waals surface area (Å²) in [6, 6.07) is 0. The molecule has 0 unspecified atom stereocenters. The largest absolute Gasteiger partial charge is 0.480 e. The molecular formula is C23H42F6N2O6S2. The van der Waals surface area contributed by atoms with Gasteiger partial charge in [-0.25, -0.2) is 21.6 Å². The quantitative estimate of drug-likeness (QED) is 0.0565. The van der Waals surface area contributed by atoms with E-state index in [0.717, 1.165) is 21.5 Å². The lowest BCUT2D eigenvalue weighted by atomic mass is 10.1. The number of quaternary nitrogens is 1. The van der Waals surface area contributed by atoms with E-state index in [1.807, 2.05) is 0 Å². The third-order valence-corrected chi connectivity index (χ3v) is 8.13. The zero-order valence-corrected chi connectivity index (χ0v) is 24.7. The Labute approximate surface area is 228 Å². The highest BCUT2D eigenvalue weighted by molar-refractivity contribution is 8.13. The summed E-state index contributed by atoms with van der Waals surface area (Å²) in [6.45, 7) is 10.6. The average Bonchev–Trinajstić information content (AvgIpc) is 2.75. The van der Waals surface area contributed by atoms with Crippen molar-refractivity contribution in [2.45, 2.75) is 95.5 Å². The molecule has 0 heterocycles. The summed E-state index contributed by atoms with van der Waals surface area (Å²) in [5, 5.41) is 0. The van der Waals surface area contributed by atoms with Gasteiger partial charge in [-0.1, -0.05) is 45.6 Å². The van der Waals surface area contributed by atoms with Crippen molar-refractivity contribution in [1.29, 1.82) is 0 Å². The lowest BCUT2D eigenvalue weighted by molar-refractivity contribution is -0.890. The molecule has 234 valence electrons. The van der Waals surface area contributed by atoms with Gasteiger partial charge in [0.05, 0.1) is 33.8 Å². The summed E-state index contributed by atoms with van der Waals surface area (Å²) in [7, 11) is -8.74. The predicted octanol–water partition coefficient (Wildman–Crippen LogP) is 6.55. The second kappa shape index (κ2) is 18.1. The Hall–Kier alpha value is -1.39. The molecule has 0 fully saturated rings. The van der Waals surface area contributed by atoms with Gasteiger partial charge in [0.1, 0.15) is 0 Å². The van der Waals surface area contributed by atoms with Crippen LogP contribution >= 0.6 is 0 Å². The Bertz CT molecular complexity index is 892. The number of rotatable bonds is 18. The molecule has 0 amide bonds. The first-order chi connectivity index (χ1) is 17.6. The van der Waals surface area contributed by atoms with Crippen LogP contribution in [-0.2, 0) is 29.6 Å². The number of nitrogens with zero attached hydrogens (tertiary/aromatic N) is 2. The van der Waals surface area contributed by atoms with Crippen LogP contribution in [0.3, 0.4) is 0 Å². The monoisotopic (exact) mass is 620 g/mol. The van der Waals surface area contributed by atoms with Gasteiger partial charge in [-0.2, -0.15) is 26.3 Å². The minimum Gasteiger partial charge on any atom is -0.462 e. The Kier molecular flexibility index (Phi) is 18.5. The summed E-state index contributed by atoms with van der Waals surface area (Å²) in [5.41, 5.74) is -11.9. The molecule has 0 N–H and O–H groups in total. The fraction of sp³-hybridized carbons (Fsp3) is 0.870. The summed E-state index contributed by atoms with van der Waals surface area (Å²) < 4.78 is 115. The molecule has 0 bridgehead atoms. The highest BCUT2D eigenvalue weighted by Gasteiger charge is 2.46. The molecule has 0 saturated heterocycles. The van der Waals surface area contributed by atoms with Crippen LogP contribution in [0.1, 0.15) is 84.5 Å². The molecule has 0 spiro atoms.